The van der Waals surface area contributed by atoms with Crippen LogP contribution in [-0.2, 0) is 20.8 Å². The van der Waals surface area contributed by atoms with E-state index in [-0.39, 0.29) is 35.3 Å². The summed E-state index contributed by atoms with van der Waals surface area (Å²) in [4.78, 5) is 42.8. The van der Waals surface area contributed by atoms with Crippen LogP contribution in [0, 0.1) is 11.8 Å². The number of hydrogen-bond acceptors (Lipinski definition) is 5. The quantitative estimate of drug-likeness (QED) is 0.568. The molecule has 1 aromatic carbocycles. The van der Waals surface area contributed by atoms with E-state index in [0.717, 1.165) is 12.8 Å². The third kappa shape index (κ3) is 4.85. The van der Waals surface area contributed by atoms with Gasteiger partial charge in [0.25, 0.3) is 0 Å². The van der Waals surface area contributed by atoms with Crippen LogP contribution < -0.4 is 9.64 Å². The van der Waals surface area contributed by atoms with Crippen molar-refractivity contribution in [2.45, 2.75) is 57.3 Å². The number of hydrogen-bond donors (Lipinski definition) is 0. The molecule has 2 fully saturated rings. The Morgan fingerprint density at radius 3 is 2.42 bits per heavy atom. The fourth-order valence-electron chi connectivity index (χ4n) is 5.27. The first-order valence-corrected chi connectivity index (χ1v) is 12.7. The van der Waals surface area contributed by atoms with Crippen molar-refractivity contribution in [1.29, 1.82) is 0 Å². The molecule has 2 heterocycles. The van der Waals surface area contributed by atoms with E-state index in [0.29, 0.717) is 55.7 Å². The number of amides is 3. The predicted molar refractivity (Wildman–Crippen MR) is 118 cm³/mol. The second-order valence-electron chi connectivity index (χ2n) is 8.77. The number of ether oxygens (including phenoxy) is 1. The highest BCUT2D eigenvalue weighted by atomic mass is 32.2. The van der Waals surface area contributed by atoms with Gasteiger partial charge in [0.15, 0.2) is 0 Å². The van der Waals surface area contributed by atoms with Crippen molar-refractivity contribution < 1.29 is 32.3 Å². The summed E-state index contributed by atoms with van der Waals surface area (Å²) >= 11 is 1.53. The Bertz CT molecular complexity index is 915. The molecule has 1 aromatic rings. The van der Waals surface area contributed by atoms with Crippen molar-refractivity contribution in [3.05, 3.63) is 23.8 Å². The van der Waals surface area contributed by atoms with E-state index >= 15 is 0 Å². The van der Waals surface area contributed by atoms with Crippen molar-refractivity contribution in [3.8, 4) is 5.75 Å². The highest BCUT2D eigenvalue weighted by molar-refractivity contribution is 7.98. The number of alkyl halides is 3. The Morgan fingerprint density at radius 1 is 1.15 bits per heavy atom. The summed E-state index contributed by atoms with van der Waals surface area (Å²) in [5.74, 6) is -1.27. The smallest absolute Gasteiger partial charge is 0.406 e. The molecule has 1 saturated heterocycles. The number of carbonyl (C=O) groups is 3. The number of likely N-dealkylation sites (tertiary alicyclic amines) is 1. The molecule has 0 radical (unpaired) electrons. The topological polar surface area (TPSA) is 66.9 Å². The van der Waals surface area contributed by atoms with Crippen molar-refractivity contribution in [2.75, 3.05) is 23.5 Å². The van der Waals surface area contributed by atoms with E-state index in [1.54, 1.807) is 0 Å². The lowest BCUT2D eigenvalue weighted by atomic mass is 9.81. The summed E-state index contributed by atoms with van der Waals surface area (Å²) < 4.78 is 41.9. The van der Waals surface area contributed by atoms with Gasteiger partial charge in [-0.3, -0.25) is 19.3 Å². The van der Waals surface area contributed by atoms with Gasteiger partial charge in [0.2, 0.25) is 17.7 Å². The van der Waals surface area contributed by atoms with Gasteiger partial charge in [0, 0.05) is 12.2 Å². The van der Waals surface area contributed by atoms with Gasteiger partial charge in [-0.05, 0) is 67.9 Å². The van der Waals surface area contributed by atoms with Gasteiger partial charge >= 0.3 is 6.36 Å². The van der Waals surface area contributed by atoms with Crippen LogP contribution >= 0.6 is 11.8 Å². The van der Waals surface area contributed by atoms with Crippen LogP contribution in [-0.4, -0.2) is 53.6 Å². The SMILES string of the molecule is CSCCC(C(=O)N1CCCc2cc(OC(F)(F)F)ccc21)N1C(=O)C2CCCCC2C1=O. The van der Waals surface area contributed by atoms with E-state index in [4.69, 9.17) is 0 Å². The molecular weight excluding hydrogens is 457 g/mol. The summed E-state index contributed by atoms with van der Waals surface area (Å²) in [6.07, 6.45) is 1.66. The minimum atomic E-state index is -4.80. The van der Waals surface area contributed by atoms with Gasteiger partial charge in [-0.15, -0.1) is 13.2 Å². The average Bonchev–Trinajstić information content (AvgIpc) is 3.03. The molecule has 3 unspecified atom stereocenters. The molecular formula is C23H27F3N2O4S. The number of benzene rings is 1. The number of imide groups is 1. The van der Waals surface area contributed by atoms with E-state index in [1.807, 2.05) is 6.26 Å². The van der Waals surface area contributed by atoms with Gasteiger partial charge < -0.3 is 9.64 Å². The Morgan fingerprint density at radius 2 is 1.82 bits per heavy atom. The van der Waals surface area contributed by atoms with Crippen LogP contribution in [0.4, 0.5) is 18.9 Å². The van der Waals surface area contributed by atoms with Crippen molar-refractivity contribution >= 4 is 35.2 Å². The molecule has 0 spiro atoms. The first kappa shape index (κ1) is 23.9. The highest BCUT2D eigenvalue weighted by Crippen LogP contribution is 2.40. The van der Waals surface area contributed by atoms with Crippen LogP contribution in [0.25, 0.3) is 0 Å². The zero-order valence-electron chi connectivity index (χ0n) is 18.4. The fourth-order valence-corrected chi connectivity index (χ4v) is 5.73. The van der Waals surface area contributed by atoms with Crippen LogP contribution in [0.2, 0.25) is 0 Å². The lowest BCUT2D eigenvalue weighted by molar-refractivity contribution is -0.274. The molecule has 3 atom stereocenters. The average molecular weight is 485 g/mol. The van der Waals surface area contributed by atoms with E-state index in [2.05, 4.69) is 4.74 Å². The number of aryl methyl sites for hydroxylation is 1. The zero-order valence-corrected chi connectivity index (χ0v) is 19.2. The maximum absolute atomic E-state index is 13.7. The molecule has 10 heteroatoms. The molecule has 33 heavy (non-hydrogen) atoms. The fraction of sp³-hybridized carbons (Fsp3) is 0.609. The van der Waals surface area contributed by atoms with Crippen LogP contribution in [0.5, 0.6) is 5.75 Å². The molecule has 0 aromatic heterocycles. The van der Waals surface area contributed by atoms with E-state index in [9.17, 15) is 27.6 Å². The third-order valence-electron chi connectivity index (χ3n) is 6.74. The first-order valence-electron chi connectivity index (χ1n) is 11.3. The second-order valence-corrected chi connectivity index (χ2v) is 9.76. The summed E-state index contributed by atoms with van der Waals surface area (Å²) in [5, 5.41) is 0. The van der Waals surface area contributed by atoms with Crippen LogP contribution in [0.15, 0.2) is 18.2 Å². The molecule has 0 N–H and O–H groups in total. The van der Waals surface area contributed by atoms with Gasteiger partial charge in [-0.25, -0.2) is 0 Å². The zero-order chi connectivity index (χ0) is 23.8. The molecule has 180 valence electrons. The molecule has 1 saturated carbocycles. The van der Waals surface area contributed by atoms with Crippen LogP contribution in [0.1, 0.15) is 44.1 Å². The second kappa shape index (κ2) is 9.56. The molecule has 3 amide bonds. The number of carbonyl (C=O) groups excluding carboxylic acids is 3. The molecule has 2 aliphatic heterocycles. The first-order chi connectivity index (χ1) is 15.7. The number of thioether (sulfide) groups is 1. The Labute approximate surface area is 194 Å². The van der Waals surface area contributed by atoms with Crippen molar-refractivity contribution in [2.24, 2.45) is 11.8 Å². The lowest BCUT2D eigenvalue weighted by Crippen LogP contribution is -2.52. The standard InChI is InChI=1S/C23H27F3N2O4S/c1-33-12-10-19(28-20(29)16-6-2-3-7-17(16)21(28)30)22(31)27-11-4-5-14-13-15(8-9-18(14)27)32-23(24,25)26/h8-9,13,16-17,19H,2-7,10-12H2,1H3. The molecule has 0 bridgehead atoms. The van der Waals surface area contributed by atoms with Gasteiger partial charge in [-0.1, -0.05) is 12.8 Å². The maximum atomic E-state index is 13.7. The van der Waals surface area contributed by atoms with Crippen molar-refractivity contribution in [1.82, 2.24) is 4.90 Å². The largest absolute Gasteiger partial charge is 0.573 e. The summed E-state index contributed by atoms with van der Waals surface area (Å²) in [5.41, 5.74) is 1.08. The molecule has 6 nitrogen and oxygen atoms in total. The van der Waals surface area contributed by atoms with Gasteiger partial charge in [0.1, 0.15) is 11.8 Å². The monoisotopic (exact) mass is 484 g/mol. The van der Waals surface area contributed by atoms with Crippen LogP contribution in [0.3, 0.4) is 0 Å². The predicted octanol–water partition coefficient (Wildman–Crippen LogP) is 4.16. The number of nitrogens with zero attached hydrogens (tertiary/aromatic N) is 2. The normalized spacial score (nSPS) is 23.9. The number of halogens is 3. The van der Waals surface area contributed by atoms with Crippen molar-refractivity contribution in [3.63, 3.8) is 0 Å². The number of rotatable bonds is 6. The molecule has 3 aliphatic rings. The number of fused-ring (bicyclic) bond motifs is 2. The third-order valence-corrected chi connectivity index (χ3v) is 7.38. The summed E-state index contributed by atoms with van der Waals surface area (Å²) in [7, 11) is 0. The Balaban J connectivity index is 1.62. The van der Waals surface area contributed by atoms with E-state index in [1.165, 1.54) is 39.8 Å². The number of anilines is 1. The maximum Gasteiger partial charge on any atom is 0.573 e. The molecule has 4 rings (SSSR count). The minimum Gasteiger partial charge on any atom is -0.406 e. The molecule has 1 aliphatic carbocycles. The van der Waals surface area contributed by atoms with E-state index < -0.39 is 12.4 Å². The lowest BCUT2D eigenvalue weighted by Gasteiger charge is -2.35. The summed E-state index contributed by atoms with van der Waals surface area (Å²) in [6, 6.07) is 3.04. The minimum absolute atomic E-state index is 0.254. The summed E-state index contributed by atoms with van der Waals surface area (Å²) in [6.45, 7) is 0.379. The van der Waals surface area contributed by atoms with Gasteiger partial charge in [0.05, 0.1) is 11.8 Å². The Kier molecular flexibility index (Phi) is 6.93. The Hall–Kier alpha value is -2.23. The highest BCUT2D eigenvalue weighted by Gasteiger charge is 2.52. The van der Waals surface area contributed by atoms with Gasteiger partial charge in [-0.2, -0.15) is 11.8 Å².